The maximum absolute atomic E-state index is 12.5. The second kappa shape index (κ2) is 6.68. The molecule has 23 heavy (non-hydrogen) atoms. The Bertz CT molecular complexity index is 731. The zero-order valence-corrected chi connectivity index (χ0v) is 12.9. The molecule has 0 bridgehead atoms. The van der Waals surface area contributed by atoms with Crippen LogP contribution in [-0.4, -0.2) is 11.0 Å². The molecule has 0 saturated heterocycles. The summed E-state index contributed by atoms with van der Waals surface area (Å²) in [5.74, 6) is -1.06. The highest BCUT2D eigenvalue weighted by Gasteiger charge is 2.29. The van der Waals surface area contributed by atoms with Crippen molar-refractivity contribution in [2.45, 2.75) is 12.7 Å². The van der Waals surface area contributed by atoms with Crippen LogP contribution in [0.15, 0.2) is 36.4 Å². The van der Waals surface area contributed by atoms with Gasteiger partial charge < -0.3 is 10.4 Å². The van der Waals surface area contributed by atoms with Crippen molar-refractivity contribution in [3.63, 3.8) is 0 Å². The highest BCUT2D eigenvalue weighted by Crippen LogP contribution is 2.31. The van der Waals surface area contributed by atoms with E-state index in [4.69, 9.17) is 23.2 Å². The molecule has 0 radical (unpaired) electrons. The van der Waals surface area contributed by atoms with Gasteiger partial charge in [0.05, 0.1) is 16.1 Å². The molecule has 122 valence electrons. The van der Waals surface area contributed by atoms with E-state index in [-0.39, 0.29) is 22.2 Å². The molecule has 0 saturated carbocycles. The summed E-state index contributed by atoms with van der Waals surface area (Å²) in [5.41, 5.74) is -0.416. The van der Waals surface area contributed by atoms with Gasteiger partial charge in [-0.25, -0.2) is 0 Å². The molecule has 2 aromatic rings. The minimum Gasteiger partial charge on any atom is -0.506 e. The van der Waals surface area contributed by atoms with Crippen LogP contribution in [0.4, 0.5) is 13.2 Å². The van der Waals surface area contributed by atoms with Gasteiger partial charge in [-0.15, -0.1) is 0 Å². The first kappa shape index (κ1) is 17.4. The predicted molar refractivity (Wildman–Crippen MR) is 80.7 cm³/mol. The van der Waals surface area contributed by atoms with Gasteiger partial charge in [-0.2, -0.15) is 13.2 Å². The van der Waals surface area contributed by atoms with Crippen molar-refractivity contribution in [2.24, 2.45) is 0 Å². The lowest BCUT2D eigenvalue weighted by atomic mass is 10.1. The number of phenols is 1. The van der Waals surface area contributed by atoms with E-state index in [1.54, 1.807) is 0 Å². The van der Waals surface area contributed by atoms with Crippen LogP contribution < -0.4 is 5.32 Å². The summed E-state index contributed by atoms with van der Waals surface area (Å²) in [6.07, 6.45) is -4.41. The Morgan fingerprint density at radius 1 is 1.13 bits per heavy atom. The Kier molecular flexibility index (Phi) is 5.06. The quantitative estimate of drug-likeness (QED) is 0.833. The van der Waals surface area contributed by atoms with Gasteiger partial charge in [0, 0.05) is 11.6 Å². The third kappa shape index (κ3) is 4.30. The largest absolute Gasteiger partial charge is 0.506 e. The number of hydrogen-bond donors (Lipinski definition) is 2. The highest BCUT2D eigenvalue weighted by atomic mass is 35.5. The molecule has 0 spiro atoms. The van der Waals surface area contributed by atoms with E-state index in [0.29, 0.717) is 5.56 Å². The van der Waals surface area contributed by atoms with E-state index in [9.17, 15) is 23.1 Å². The fourth-order valence-electron chi connectivity index (χ4n) is 1.83. The van der Waals surface area contributed by atoms with Gasteiger partial charge in [0.2, 0.25) is 0 Å². The lowest BCUT2D eigenvalue weighted by molar-refractivity contribution is -0.137. The Labute approximate surface area is 139 Å². The number of hydrogen-bond acceptors (Lipinski definition) is 2. The standard InChI is InChI=1S/C15H10Cl2F3NO2/c16-10-5-11(13(22)12(17)6-10)14(23)21-7-8-1-3-9(4-2-8)15(18,19)20/h1-6,22H,7H2,(H,21,23). The molecule has 0 unspecified atom stereocenters. The second-order valence-corrected chi connectivity index (χ2v) is 5.50. The zero-order valence-electron chi connectivity index (χ0n) is 11.4. The van der Waals surface area contributed by atoms with Crippen molar-refractivity contribution in [3.8, 4) is 5.75 Å². The lowest BCUT2D eigenvalue weighted by Gasteiger charge is -2.10. The molecular weight excluding hydrogens is 354 g/mol. The maximum atomic E-state index is 12.5. The zero-order chi connectivity index (χ0) is 17.2. The number of alkyl halides is 3. The molecule has 2 aromatic carbocycles. The number of carbonyl (C=O) groups is 1. The lowest BCUT2D eigenvalue weighted by Crippen LogP contribution is -2.23. The predicted octanol–water partition coefficient (Wildman–Crippen LogP) is 4.65. The highest BCUT2D eigenvalue weighted by molar-refractivity contribution is 6.36. The number of phenolic OH excluding ortho intramolecular Hbond substituents is 1. The fraction of sp³-hybridized carbons (Fsp3) is 0.133. The summed E-state index contributed by atoms with van der Waals surface area (Å²) in [4.78, 5) is 12.0. The molecule has 0 fully saturated rings. The van der Waals surface area contributed by atoms with E-state index in [2.05, 4.69) is 5.32 Å². The Morgan fingerprint density at radius 3 is 2.30 bits per heavy atom. The number of nitrogens with one attached hydrogen (secondary N) is 1. The molecule has 3 nitrogen and oxygen atoms in total. The molecule has 0 aliphatic rings. The van der Waals surface area contributed by atoms with Gasteiger partial charge in [0.1, 0.15) is 5.75 Å². The Morgan fingerprint density at radius 2 is 1.74 bits per heavy atom. The van der Waals surface area contributed by atoms with Crippen LogP contribution in [0.25, 0.3) is 0 Å². The Hall–Kier alpha value is -1.92. The van der Waals surface area contributed by atoms with Crippen molar-refractivity contribution in [3.05, 3.63) is 63.1 Å². The van der Waals surface area contributed by atoms with Crippen molar-refractivity contribution >= 4 is 29.1 Å². The average Bonchev–Trinajstić information content (AvgIpc) is 2.48. The third-order valence-electron chi connectivity index (χ3n) is 3.01. The summed E-state index contributed by atoms with van der Waals surface area (Å²) in [6.45, 7) is -0.0134. The number of aromatic hydroxyl groups is 1. The molecule has 0 aromatic heterocycles. The molecule has 2 N–H and O–H groups in total. The summed E-state index contributed by atoms with van der Waals surface area (Å²) in [6, 6.07) is 6.89. The summed E-state index contributed by atoms with van der Waals surface area (Å²) < 4.78 is 37.4. The van der Waals surface area contributed by atoms with Gasteiger partial charge in [0.25, 0.3) is 5.91 Å². The molecule has 8 heteroatoms. The van der Waals surface area contributed by atoms with Crippen LogP contribution >= 0.6 is 23.2 Å². The number of halogens is 5. The van der Waals surface area contributed by atoms with Crippen LogP contribution in [0.1, 0.15) is 21.5 Å². The van der Waals surface area contributed by atoms with Crippen LogP contribution in [0.3, 0.4) is 0 Å². The van der Waals surface area contributed by atoms with E-state index >= 15 is 0 Å². The van der Waals surface area contributed by atoms with Crippen molar-refractivity contribution in [1.82, 2.24) is 5.32 Å². The second-order valence-electron chi connectivity index (χ2n) is 4.66. The van der Waals surface area contributed by atoms with E-state index in [1.165, 1.54) is 24.3 Å². The summed E-state index contributed by atoms with van der Waals surface area (Å²) in [5, 5.41) is 12.3. The molecular formula is C15H10Cl2F3NO2. The van der Waals surface area contributed by atoms with Crippen LogP contribution in [-0.2, 0) is 12.7 Å². The SMILES string of the molecule is O=C(NCc1ccc(C(F)(F)F)cc1)c1cc(Cl)cc(Cl)c1O. The summed E-state index contributed by atoms with van der Waals surface area (Å²) >= 11 is 11.5. The van der Waals surface area contributed by atoms with E-state index in [0.717, 1.165) is 12.1 Å². The molecule has 1 amide bonds. The van der Waals surface area contributed by atoms with E-state index in [1.807, 2.05) is 0 Å². The van der Waals surface area contributed by atoms with Gasteiger partial charge in [-0.1, -0.05) is 35.3 Å². The van der Waals surface area contributed by atoms with Crippen LogP contribution in [0, 0.1) is 0 Å². The number of amides is 1. The topological polar surface area (TPSA) is 49.3 Å². The monoisotopic (exact) mass is 363 g/mol. The maximum Gasteiger partial charge on any atom is 0.416 e. The van der Waals surface area contributed by atoms with Gasteiger partial charge in [-0.3, -0.25) is 4.79 Å². The molecule has 2 rings (SSSR count). The molecule has 0 aliphatic heterocycles. The van der Waals surface area contributed by atoms with Gasteiger partial charge in [-0.05, 0) is 29.8 Å². The van der Waals surface area contributed by atoms with E-state index < -0.39 is 23.4 Å². The van der Waals surface area contributed by atoms with Crippen molar-refractivity contribution in [2.75, 3.05) is 0 Å². The molecule has 0 aliphatic carbocycles. The smallest absolute Gasteiger partial charge is 0.416 e. The van der Waals surface area contributed by atoms with Crippen LogP contribution in [0.2, 0.25) is 10.0 Å². The Balaban J connectivity index is 2.08. The average molecular weight is 364 g/mol. The van der Waals surface area contributed by atoms with Crippen LogP contribution in [0.5, 0.6) is 5.75 Å². The van der Waals surface area contributed by atoms with Gasteiger partial charge >= 0.3 is 6.18 Å². The minimum absolute atomic E-state index is 0.0134. The minimum atomic E-state index is -4.41. The number of benzene rings is 2. The molecule has 0 atom stereocenters. The first-order chi connectivity index (χ1) is 10.7. The third-order valence-corrected chi connectivity index (χ3v) is 3.51. The number of rotatable bonds is 3. The normalized spacial score (nSPS) is 11.3. The van der Waals surface area contributed by atoms with Crippen molar-refractivity contribution in [1.29, 1.82) is 0 Å². The first-order valence-electron chi connectivity index (χ1n) is 6.31. The first-order valence-corrected chi connectivity index (χ1v) is 7.06. The van der Waals surface area contributed by atoms with Crippen molar-refractivity contribution < 1.29 is 23.1 Å². The fourth-order valence-corrected chi connectivity index (χ4v) is 2.32. The summed E-state index contributed by atoms with van der Waals surface area (Å²) in [7, 11) is 0. The number of carbonyl (C=O) groups excluding carboxylic acids is 1. The molecule has 0 heterocycles. The van der Waals surface area contributed by atoms with Gasteiger partial charge in [0.15, 0.2) is 0 Å².